The van der Waals surface area contributed by atoms with E-state index in [9.17, 15) is 9.59 Å². The molecule has 0 saturated carbocycles. The number of benzene rings is 1. The summed E-state index contributed by atoms with van der Waals surface area (Å²) >= 11 is 2.88. The number of thioether (sulfide) groups is 1. The van der Waals surface area contributed by atoms with Crippen molar-refractivity contribution in [1.29, 1.82) is 0 Å². The monoisotopic (exact) mass is 422 g/mol. The minimum atomic E-state index is -0.175. The van der Waals surface area contributed by atoms with E-state index in [2.05, 4.69) is 9.97 Å². The molecule has 0 aliphatic heterocycles. The lowest BCUT2D eigenvalue weighted by Crippen LogP contribution is -2.28. The second-order valence-electron chi connectivity index (χ2n) is 6.38. The van der Waals surface area contributed by atoms with Crippen molar-refractivity contribution in [1.82, 2.24) is 19.4 Å². The van der Waals surface area contributed by atoms with Crippen LogP contribution in [-0.4, -0.2) is 38.1 Å². The van der Waals surface area contributed by atoms with Crippen molar-refractivity contribution in [3.8, 4) is 5.69 Å². The van der Waals surface area contributed by atoms with E-state index in [0.29, 0.717) is 28.3 Å². The molecule has 3 aromatic heterocycles. The molecule has 0 N–H and O–H groups in total. The van der Waals surface area contributed by atoms with Crippen molar-refractivity contribution >= 4 is 39.9 Å². The predicted molar refractivity (Wildman–Crippen MR) is 117 cm³/mol. The van der Waals surface area contributed by atoms with Gasteiger partial charge in [-0.3, -0.25) is 19.1 Å². The molecule has 0 aliphatic carbocycles. The topological polar surface area (TPSA) is 68.1 Å². The number of carbonyl (C=O) groups excluding carboxylic acids is 1. The Morgan fingerprint density at radius 3 is 2.79 bits per heavy atom. The number of amides is 1. The molecule has 1 amide bonds. The molecule has 0 saturated heterocycles. The molecule has 0 spiro atoms. The van der Waals surface area contributed by atoms with Crippen LogP contribution in [0.1, 0.15) is 4.88 Å². The fraction of sp³-hybridized carbons (Fsp3) is 0.143. The normalized spacial score (nSPS) is 10.9. The molecule has 1 aromatic carbocycles. The van der Waals surface area contributed by atoms with E-state index >= 15 is 0 Å². The van der Waals surface area contributed by atoms with Gasteiger partial charge in [0, 0.05) is 18.1 Å². The van der Waals surface area contributed by atoms with Crippen LogP contribution in [0, 0.1) is 0 Å². The molecule has 0 fully saturated rings. The van der Waals surface area contributed by atoms with Crippen LogP contribution in [-0.2, 0) is 11.3 Å². The molecular formula is C21H18N4O2S2. The maximum Gasteiger partial charge on any atom is 0.266 e. The Bertz CT molecular complexity index is 1190. The van der Waals surface area contributed by atoms with Gasteiger partial charge in [-0.25, -0.2) is 4.98 Å². The predicted octanol–water partition coefficient (Wildman–Crippen LogP) is 3.59. The summed E-state index contributed by atoms with van der Waals surface area (Å²) in [6, 6.07) is 14.8. The maximum absolute atomic E-state index is 13.1. The minimum absolute atomic E-state index is 0.0245. The van der Waals surface area contributed by atoms with Gasteiger partial charge >= 0.3 is 0 Å². The van der Waals surface area contributed by atoms with Crippen LogP contribution >= 0.6 is 23.1 Å². The SMILES string of the molecule is CN(Cc1cccs1)C(=O)CSc1nc2ccccc2c(=O)n1-c1cccnc1. The molecule has 4 aromatic rings. The number of aromatic nitrogens is 3. The lowest BCUT2D eigenvalue weighted by molar-refractivity contribution is -0.127. The molecule has 0 aliphatic rings. The summed E-state index contributed by atoms with van der Waals surface area (Å²) in [4.78, 5) is 37.3. The Morgan fingerprint density at radius 2 is 2.03 bits per heavy atom. The lowest BCUT2D eigenvalue weighted by atomic mass is 10.2. The van der Waals surface area contributed by atoms with Gasteiger partial charge in [0.15, 0.2) is 5.16 Å². The zero-order chi connectivity index (χ0) is 20.2. The van der Waals surface area contributed by atoms with Gasteiger partial charge in [0.25, 0.3) is 5.56 Å². The standard InChI is InChI=1S/C21H18N4O2S2/c1-24(13-16-7-5-11-28-16)19(26)14-29-21-23-18-9-3-2-8-17(18)20(27)25(21)15-6-4-10-22-12-15/h2-12H,13-14H2,1H3. The Morgan fingerprint density at radius 1 is 1.17 bits per heavy atom. The summed E-state index contributed by atoms with van der Waals surface area (Å²) < 4.78 is 1.52. The largest absolute Gasteiger partial charge is 0.340 e. The van der Waals surface area contributed by atoms with Gasteiger partial charge in [-0.1, -0.05) is 30.0 Å². The lowest BCUT2D eigenvalue weighted by Gasteiger charge is -2.17. The first-order valence-electron chi connectivity index (χ1n) is 8.95. The fourth-order valence-corrected chi connectivity index (χ4v) is 4.59. The number of pyridine rings is 1. The number of rotatable bonds is 6. The van der Waals surface area contributed by atoms with Crippen molar-refractivity contribution in [2.75, 3.05) is 12.8 Å². The Hall–Kier alpha value is -2.97. The summed E-state index contributed by atoms with van der Waals surface area (Å²) in [6.07, 6.45) is 3.27. The van der Waals surface area contributed by atoms with Crippen LogP contribution in [0.15, 0.2) is 76.3 Å². The van der Waals surface area contributed by atoms with E-state index in [1.54, 1.807) is 59.9 Å². The van der Waals surface area contributed by atoms with Crippen molar-refractivity contribution in [2.45, 2.75) is 11.7 Å². The zero-order valence-electron chi connectivity index (χ0n) is 15.7. The molecule has 0 atom stereocenters. The van der Waals surface area contributed by atoms with Crippen LogP contribution < -0.4 is 5.56 Å². The first kappa shape index (κ1) is 19.4. The fourth-order valence-electron chi connectivity index (χ4n) is 2.88. The first-order chi connectivity index (χ1) is 14.1. The highest BCUT2D eigenvalue weighted by atomic mass is 32.2. The molecule has 8 heteroatoms. The minimum Gasteiger partial charge on any atom is -0.340 e. The van der Waals surface area contributed by atoms with E-state index < -0.39 is 0 Å². The smallest absolute Gasteiger partial charge is 0.266 e. The van der Waals surface area contributed by atoms with Crippen LogP contribution in [0.3, 0.4) is 0 Å². The number of hydrogen-bond donors (Lipinski definition) is 0. The zero-order valence-corrected chi connectivity index (χ0v) is 17.3. The van der Waals surface area contributed by atoms with Crippen LogP contribution in [0.5, 0.6) is 0 Å². The van der Waals surface area contributed by atoms with Gasteiger partial charge in [0.2, 0.25) is 5.91 Å². The number of para-hydroxylation sites is 1. The molecule has 0 radical (unpaired) electrons. The van der Waals surface area contributed by atoms with Gasteiger partial charge in [0.05, 0.1) is 35.1 Å². The van der Waals surface area contributed by atoms with Crippen LogP contribution in [0.4, 0.5) is 0 Å². The molecule has 3 heterocycles. The number of hydrogen-bond acceptors (Lipinski definition) is 6. The van der Waals surface area contributed by atoms with Gasteiger partial charge in [0.1, 0.15) is 0 Å². The second-order valence-corrected chi connectivity index (χ2v) is 8.36. The average molecular weight is 423 g/mol. The van der Waals surface area contributed by atoms with E-state index in [1.807, 2.05) is 29.6 Å². The molecule has 146 valence electrons. The number of nitrogens with zero attached hydrogens (tertiary/aromatic N) is 4. The van der Waals surface area contributed by atoms with Crippen molar-refractivity contribution in [3.63, 3.8) is 0 Å². The van der Waals surface area contributed by atoms with Gasteiger partial charge < -0.3 is 4.90 Å². The number of fused-ring (bicyclic) bond motifs is 1. The summed E-state index contributed by atoms with van der Waals surface area (Å²) in [7, 11) is 1.78. The van der Waals surface area contributed by atoms with E-state index in [1.165, 1.54) is 16.3 Å². The summed E-state index contributed by atoms with van der Waals surface area (Å²) in [6.45, 7) is 0.567. The molecule has 4 rings (SSSR count). The molecule has 0 unspecified atom stereocenters. The van der Waals surface area contributed by atoms with E-state index in [0.717, 1.165) is 4.88 Å². The summed E-state index contributed by atoms with van der Waals surface area (Å²) in [5.41, 5.74) is 1.06. The molecule has 0 bridgehead atoms. The molecule has 6 nitrogen and oxygen atoms in total. The number of thiophene rings is 1. The Balaban J connectivity index is 1.64. The summed E-state index contributed by atoms with van der Waals surface area (Å²) in [5, 5.41) is 3.00. The third-order valence-electron chi connectivity index (χ3n) is 4.37. The summed E-state index contributed by atoms with van der Waals surface area (Å²) in [5.74, 6) is 0.163. The van der Waals surface area contributed by atoms with Crippen LogP contribution in [0.25, 0.3) is 16.6 Å². The Labute approximate surface area is 175 Å². The average Bonchev–Trinajstić information content (AvgIpc) is 3.25. The van der Waals surface area contributed by atoms with E-state index in [4.69, 9.17) is 0 Å². The van der Waals surface area contributed by atoms with Gasteiger partial charge in [-0.05, 0) is 35.7 Å². The Kier molecular flexibility index (Phi) is 5.73. The highest BCUT2D eigenvalue weighted by Crippen LogP contribution is 2.21. The van der Waals surface area contributed by atoms with Gasteiger partial charge in [-0.2, -0.15) is 0 Å². The number of carbonyl (C=O) groups is 1. The highest BCUT2D eigenvalue weighted by Gasteiger charge is 2.16. The maximum atomic E-state index is 13.1. The quantitative estimate of drug-likeness (QED) is 0.351. The first-order valence-corrected chi connectivity index (χ1v) is 10.8. The second kappa shape index (κ2) is 8.59. The third kappa shape index (κ3) is 4.23. The van der Waals surface area contributed by atoms with Crippen molar-refractivity contribution in [3.05, 3.63) is 81.5 Å². The molecular weight excluding hydrogens is 404 g/mol. The van der Waals surface area contributed by atoms with Crippen LogP contribution in [0.2, 0.25) is 0 Å². The highest BCUT2D eigenvalue weighted by molar-refractivity contribution is 7.99. The van der Waals surface area contributed by atoms with Crippen molar-refractivity contribution in [2.24, 2.45) is 0 Å². The van der Waals surface area contributed by atoms with Gasteiger partial charge in [-0.15, -0.1) is 11.3 Å². The molecule has 29 heavy (non-hydrogen) atoms. The van der Waals surface area contributed by atoms with E-state index in [-0.39, 0.29) is 17.2 Å². The third-order valence-corrected chi connectivity index (χ3v) is 6.16. The van der Waals surface area contributed by atoms with Crippen molar-refractivity contribution < 1.29 is 4.79 Å².